The molecule has 0 radical (unpaired) electrons. The van der Waals surface area contributed by atoms with E-state index in [1.807, 2.05) is 43.3 Å². The van der Waals surface area contributed by atoms with Crippen molar-refractivity contribution in [3.05, 3.63) is 101 Å². The maximum atomic E-state index is 14.9. The van der Waals surface area contributed by atoms with Crippen molar-refractivity contribution in [1.29, 1.82) is 0 Å². The number of fused-ring (bicyclic) bond motifs is 4. The third kappa shape index (κ3) is 4.03. The van der Waals surface area contributed by atoms with Gasteiger partial charge in [0.25, 0.3) is 11.8 Å². The number of methoxy groups -OCH3 is 1. The Balaban J connectivity index is 1.43. The fourth-order valence-electron chi connectivity index (χ4n) is 7.96. The summed E-state index contributed by atoms with van der Waals surface area (Å²) in [6.07, 6.45) is 1.04. The Morgan fingerprint density at radius 2 is 1.71 bits per heavy atom. The minimum atomic E-state index is -1.48. The molecule has 2 N–H and O–H groups in total. The maximum Gasteiger partial charge on any atom is 0.423 e. The fourth-order valence-corrected chi connectivity index (χ4v) is 7.96. The molecule has 2 saturated heterocycles. The molecule has 2 aliphatic carbocycles. The first-order valence-electron chi connectivity index (χ1n) is 14.8. The van der Waals surface area contributed by atoms with Gasteiger partial charge in [-0.05, 0) is 55.5 Å². The number of nitrogens with one attached hydrogen (secondary N) is 1. The number of rotatable bonds is 5. The van der Waals surface area contributed by atoms with Crippen molar-refractivity contribution in [2.24, 2.45) is 23.7 Å². The highest BCUT2D eigenvalue weighted by Gasteiger charge is 2.71. The Morgan fingerprint density at radius 1 is 0.978 bits per heavy atom. The molecule has 3 aromatic rings. The highest BCUT2D eigenvalue weighted by Crippen LogP contribution is 2.64. The van der Waals surface area contributed by atoms with E-state index in [2.05, 4.69) is 5.43 Å². The summed E-state index contributed by atoms with van der Waals surface area (Å²) in [6.45, 7) is 1.55. The van der Waals surface area contributed by atoms with Gasteiger partial charge in [-0.15, -0.1) is 0 Å². The van der Waals surface area contributed by atoms with Gasteiger partial charge in [0, 0.05) is 0 Å². The summed E-state index contributed by atoms with van der Waals surface area (Å²) in [7, 11) is 1.10. The number of nitrogens with zero attached hydrogens (tertiary/aromatic N) is 2. The SMILES string of the molecule is COC(=O)N1C(=O)[C@H]2[C@H](CC=C3[C@H]2C[C@H]2C(=O)N(Nc4ccc(C)cc4)C(=O)[C@@]2(c2ccccc2)[C@H]3c2ccc(CO)o2)C1=O. The summed E-state index contributed by atoms with van der Waals surface area (Å²) < 4.78 is 10.9. The number of carbonyl (C=O) groups is 5. The zero-order chi connectivity index (χ0) is 31.6. The van der Waals surface area contributed by atoms with Crippen molar-refractivity contribution < 1.29 is 38.2 Å². The maximum absolute atomic E-state index is 14.9. The molecule has 5 amide bonds. The van der Waals surface area contributed by atoms with Gasteiger partial charge in [-0.1, -0.05) is 59.7 Å². The third-order valence-electron chi connectivity index (χ3n) is 9.87. The number of furan rings is 1. The van der Waals surface area contributed by atoms with Crippen LogP contribution in [-0.4, -0.2) is 51.8 Å². The van der Waals surface area contributed by atoms with E-state index in [4.69, 9.17) is 9.15 Å². The van der Waals surface area contributed by atoms with Crippen molar-refractivity contribution >= 4 is 35.4 Å². The van der Waals surface area contributed by atoms with Crippen molar-refractivity contribution in [3.8, 4) is 0 Å². The summed E-state index contributed by atoms with van der Waals surface area (Å²) >= 11 is 0. The van der Waals surface area contributed by atoms with Crippen LogP contribution in [0, 0.1) is 30.6 Å². The number of amides is 5. The molecule has 6 atom stereocenters. The Kier molecular flexibility index (Phi) is 6.74. The lowest BCUT2D eigenvalue weighted by Crippen LogP contribution is -2.53. The topological polar surface area (TPSA) is 146 Å². The largest absolute Gasteiger partial charge is 0.463 e. The number of ether oxygens (including phenoxy) is 1. The first kappa shape index (κ1) is 28.7. The van der Waals surface area contributed by atoms with Gasteiger partial charge in [-0.3, -0.25) is 24.6 Å². The van der Waals surface area contributed by atoms with E-state index >= 15 is 0 Å². The van der Waals surface area contributed by atoms with Crippen molar-refractivity contribution in [1.82, 2.24) is 9.91 Å². The van der Waals surface area contributed by atoms with Gasteiger partial charge >= 0.3 is 6.09 Å². The predicted molar refractivity (Wildman–Crippen MR) is 158 cm³/mol. The van der Waals surface area contributed by atoms with Gasteiger partial charge in [0.2, 0.25) is 11.8 Å². The van der Waals surface area contributed by atoms with E-state index in [0.717, 1.165) is 17.7 Å². The van der Waals surface area contributed by atoms with Gasteiger partial charge in [0.1, 0.15) is 23.5 Å². The summed E-state index contributed by atoms with van der Waals surface area (Å²) in [4.78, 5) is 69.6. The molecule has 11 heteroatoms. The van der Waals surface area contributed by atoms with Gasteiger partial charge in [-0.25, -0.2) is 4.79 Å². The van der Waals surface area contributed by atoms with Crippen LogP contribution < -0.4 is 5.43 Å². The Labute approximate surface area is 258 Å². The van der Waals surface area contributed by atoms with E-state index in [9.17, 15) is 29.1 Å². The monoisotopic (exact) mass is 609 g/mol. The summed E-state index contributed by atoms with van der Waals surface area (Å²) in [5.74, 6) is -5.87. The van der Waals surface area contributed by atoms with Crippen LogP contribution >= 0.6 is 0 Å². The average Bonchev–Trinajstić information content (AvgIpc) is 3.70. The molecule has 11 nitrogen and oxygen atoms in total. The molecule has 230 valence electrons. The number of anilines is 1. The number of hydrazine groups is 1. The molecular formula is C34H31N3O8. The second kappa shape index (κ2) is 10.6. The lowest BCUT2D eigenvalue weighted by Gasteiger charge is -2.49. The first-order valence-corrected chi connectivity index (χ1v) is 14.8. The summed E-state index contributed by atoms with van der Waals surface area (Å²) in [5, 5.41) is 10.9. The third-order valence-corrected chi connectivity index (χ3v) is 9.87. The van der Waals surface area contributed by atoms with Crippen LogP contribution in [-0.2, 0) is 35.9 Å². The van der Waals surface area contributed by atoms with Crippen LogP contribution in [0.15, 0.2) is 82.8 Å². The van der Waals surface area contributed by atoms with Crippen LogP contribution in [0.25, 0.3) is 0 Å². The molecule has 0 spiro atoms. The minimum absolute atomic E-state index is 0.0800. The molecule has 1 aromatic heterocycles. The quantitative estimate of drug-likeness (QED) is 0.325. The highest BCUT2D eigenvalue weighted by molar-refractivity contribution is 6.16. The van der Waals surface area contributed by atoms with Crippen LogP contribution in [0.5, 0.6) is 0 Å². The molecule has 2 aliphatic heterocycles. The number of allylic oxidation sites excluding steroid dienone is 2. The smallest absolute Gasteiger partial charge is 0.423 e. The molecule has 3 fully saturated rings. The molecule has 7 rings (SSSR count). The summed E-state index contributed by atoms with van der Waals surface area (Å²) in [5.41, 5.74) is 4.38. The second-order valence-electron chi connectivity index (χ2n) is 12.0. The fraction of sp³-hybridized carbons (Fsp3) is 0.324. The van der Waals surface area contributed by atoms with Crippen molar-refractivity contribution in [2.45, 2.75) is 37.7 Å². The number of imide groups is 4. The molecule has 4 aliphatic rings. The zero-order valence-electron chi connectivity index (χ0n) is 24.6. The minimum Gasteiger partial charge on any atom is -0.463 e. The van der Waals surface area contributed by atoms with Crippen molar-refractivity contribution in [2.75, 3.05) is 12.5 Å². The van der Waals surface area contributed by atoms with E-state index in [1.165, 1.54) is 0 Å². The van der Waals surface area contributed by atoms with E-state index in [-0.39, 0.29) is 25.2 Å². The summed E-state index contributed by atoms with van der Waals surface area (Å²) in [6, 6.07) is 19.6. The standard InChI is InChI=1S/C34H31N3O8/c1-18-8-10-20(11-9-18)35-37-30(40)25-16-24-22(13-14-23-27(24)31(41)36(29(23)39)33(43)44-2)28(26-15-12-21(17-38)45-26)34(25,32(37)42)19-6-4-3-5-7-19/h3-13,15,23-25,27-28,35,38H,14,16-17H2,1-2H3/t23-,24+,25-,27-,28+,34+/m0/s1. The van der Waals surface area contributed by atoms with Crippen LogP contribution in [0.1, 0.15) is 41.4 Å². The lowest BCUT2D eigenvalue weighted by molar-refractivity contribution is -0.140. The highest BCUT2D eigenvalue weighted by atomic mass is 16.5. The molecular weight excluding hydrogens is 578 g/mol. The van der Waals surface area contributed by atoms with Crippen LogP contribution in [0.3, 0.4) is 0 Å². The number of aryl methyl sites for hydroxylation is 1. The van der Waals surface area contributed by atoms with E-state index < -0.39 is 64.7 Å². The first-order chi connectivity index (χ1) is 21.7. The predicted octanol–water partition coefficient (Wildman–Crippen LogP) is 3.83. The number of benzene rings is 2. The molecule has 3 heterocycles. The van der Waals surface area contributed by atoms with Gasteiger partial charge in [0.05, 0.1) is 36.5 Å². The van der Waals surface area contributed by atoms with E-state index in [1.54, 1.807) is 36.4 Å². The number of hydrogen-bond acceptors (Lipinski definition) is 9. The van der Waals surface area contributed by atoms with Gasteiger partial charge in [-0.2, -0.15) is 9.91 Å². The molecule has 0 unspecified atom stereocenters. The van der Waals surface area contributed by atoms with Crippen LogP contribution in [0.2, 0.25) is 0 Å². The number of likely N-dealkylation sites (tertiary alicyclic amines) is 1. The van der Waals surface area contributed by atoms with Crippen LogP contribution in [0.4, 0.5) is 10.5 Å². The molecule has 1 saturated carbocycles. The van der Waals surface area contributed by atoms with E-state index in [0.29, 0.717) is 27.5 Å². The van der Waals surface area contributed by atoms with Crippen molar-refractivity contribution in [3.63, 3.8) is 0 Å². The molecule has 2 aromatic carbocycles. The zero-order valence-corrected chi connectivity index (χ0v) is 24.6. The number of hydrogen-bond donors (Lipinski definition) is 2. The molecule has 0 bridgehead atoms. The lowest BCUT2D eigenvalue weighted by atomic mass is 9.50. The Hall–Kier alpha value is -5.03. The Bertz CT molecular complexity index is 1760. The average molecular weight is 610 g/mol. The molecule has 45 heavy (non-hydrogen) atoms. The normalized spacial score (nSPS) is 28.9. The number of aliphatic hydroxyl groups excluding tert-OH is 1. The number of aliphatic hydroxyl groups is 1. The van der Waals surface area contributed by atoms with Gasteiger partial charge < -0.3 is 14.3 Å². The number of carbonyl (C=O) groups excluding carboxylic acids is 5. The second-order valence-corrected chi connectivity index (χ2v) is 12.0. The Morgan fingerprint density at radius 3 is 2.38 bits per heavy atom. The van der Waals surface area contributed by atoms with Gasteiger partial charge in [0.15, 0.2) is 0 Å².